The number of aromatic nitrogens is 1. The van der Waals surface area contributed by atoms with Crippen molar-refractivity contribution in [3.63, 3.8) is 0 Å². The SMILES string of the molecule is C[C@@H]1C[C@H](C)CN(C(=P)c2cc(Cl)ccc2NC(=O)CNC(=O)c2cccnc2Cl)C1. The van der Waals surface area contributed by atoms with E-state index in [1.54, 1.807) is 24.3 Å². The van der Waals surface area contributed by atoms with Crippen LogP contribution in [-0.4, -0.2) is 46.7 Å². The molecule has 2 heterocycles. The van der Waals surface area contributed by atoms with Crippen LogP contribution < -0.4 is 10.6 Å². The molecule has 31 heavy (non-hydrogen) atoms. The molecule has 2 aromatic rings. The lowest BCUT2D eigenvalue weighted by Gasteiger charge is -2.36. The molecule has 0 bridgehead atoms. The summed E-state index contributed by atoms with van der Waals surface area (Å²) in [7, 11) is 3.78. The largest absolute Gasteiger partial charge is 0.343 e. The van der Waals surface area contributed by atoms with Crippen molar-refractivity contribution in [1.82, 2.24) is 15.2 Å². The number of pyridine rings is 1. The van der Waals surface area contributed by atoms with E-state index in [4.69, 9.17) is 23.2 Å². The van der Waals surface area contributed by atoms with Gasteiger partial charge in [0.2, 0.25) is 5.91 Å². The Labute approximate surface area is 194 Å². The topological polar surface area (TPSA) is 74.3 Å². The lowest BCUT2D eigenvalue weighted by atomic mass is 9.91. The van der Waals surface area contributed by atoms with Crippen LogP contribution in [0.15, 0.2) is 36.5 Å². The summed E-state index contributed by atoms with van der Waals surface area (Å²) in [5.41, 5.74) is 2.50. The van der Waals surface area contributed by atoms with Gasteiger partial charge in [-0.3, -0.25) is 14.5 Å². The number of anilines is 1. The Kier molecular flexibility index (Phi) is 8.06. The average Bonchev–Trinajstić information content (AvgIpc) is 2.72. The van der Waals surface area contributed by atoms with Crippen LogP contribution in [-0.2, 0) is 4.79 Å². The van der Waals surface area contributed by atoms with Crippen molar-refractivity contribution in [3.8, 4) is 0 Å². The number of hydrogen-bond donors (Lipinski definition) is 2. The number of hydrogen-bond acceptors (Lipinski definition) is 3. The minimum atomic E-state index is -0.465. The van der Waals surface area contributed by atoms with E-state index in [0.29, 0.717) is 22.5 Å². The molecular weight excluding hydrogens is 454 g/mol. The Balaban J connectivity index is 1.69. The van der Waals surface area contributed by atoms with Gasteiger partial charge < -0.3 is 10.6 Å². The molecule has 9 heteroatoms. The van der Waals surface area contributed by atoms with Crippen molar-refractivity contribution < 1.29 is 9.59 Å². The fraction of sp³-hybridized carbons (Fsp3) is 0.364. The van der Waals surface area contributed by atoms with Crippen molar-refractivity contribution in [2.75, 3.05) is 25.0 Å². The lowest BCUT2D eigenvalue weighted by Crippen LogP contribution is -2.42. The Morgan fingerprint density at radius 1 is 1.16 bits per heavy atom. The van der Waals surface area contributed by atoms with Crippen LogP contribution in [0.25, 0.3) is 0 Å². The fourth-order valence-corrected chi connectivity index (χ4v) is 4.61. The molecule has 2 N–H and O–H groups in total. The van der Waals surface area contributed by atoms with E-state index in [2.05, 4.69) is 43.2 Å². The molecule has 0 saturated carbocycles. The van der Waals surface area contributed by atoms with Crippen LogP contribution in [0.1, 0.15) is 36.2 Å². The number of halogens is 2. The third-order valence-electron chi connectivity index (χ3n) is 5.11. The Hall–Kier alpha value is -1.98. The zero-order valence-electron chi connectivity index (χ0n) is 17.4. The highest BCUT2D eigenvalue weighted by Crippen LogP contribution is 2.28. The number of carbonyl (C=O) groups excluding carboxylic acids is 2. The smallest absolute Gasteiger partial charge is 0.254 e. The highest BCUT2D eigenvalue weighted by molar-refractivity contribution is 7.22. The van der Waals surface area contributed by atoms with Gasteiger partial charge in [-0.1, -0.05) is 37.0 Å². The molecule has 2 amide bonds. The normalized spacial score (nSPS) is 19.0. The summed E-state index contributed by atoms with van der Waals surface area (Å²) < 4.78 is 0. The monoisotopic (exact) mass is 478 g/mol. The second-order valence-electron chi connectivity index (χ2n) is 7.96. The first kappa shape index (κ1) is 23.7. The number of rotatable bonds is 6. The molecule has 164 valence electrons. The van der Waals surface area contributed by atoms with Crippen LogP contribution in [0.2, 0.25) is 10.2 Å². The van der Waals surface area contributed by atoms with E-state index in [-0.39, 0.29) is 23.2 Å². The van der Waals surface area contributed by atoms with E-state index in [1.165, 1.54) is 12.6 Å². The number of benzene rings is 1. The summed E-state index contributed by atoms with van der Waals surface area (Å²) in [6, 6.07) is 8.45. The summed E-state index contributed by atoms with van der Waals surface area (Å²) in [6.07, 6.45) is 2.68. The molecule has 1 aromatic heterocycles. The van der Waals surface area contributed by atoms with Gasteiger partial charge in [-0.05, 0) is 48.6 Å². The van der Waals surface area contributed by atoms with Crippen molar-refractivity contribution in [2.45, 2.75) is 20.3 Å². The molecule has 0 spiro atoms. The molecule has 2 atom stereocenters. The molecule has 1 aliphatic heterocycles. The predicted octanol–water partition coefficient (Wildman–Crippen LogP) is 4.36. The maximum Gasteiger partial charge on any atom is 0.254 e. The van der Waals surface area contributed by atoms with Gasteiger partial charge in [0.15, 0.2) is 0 Å². The summed E-state index contributed by atoms with van der Waals surface area (Å²) in [6.45, 7) is 6.11. The van der Waals surface area contributed by atoms with Crippen LogP contribution in [0.5, 0.6) is 0 Å². The number of nitrogens with zero attached hydrogens (tertiary/aromatic N) is 2. The lowest BCUT2D eigenvalue weighted by molar-refractivity contribution is -0.115. The molecule has 0 aliphatic carbocycles. The third kappa shape index (κ3) is 6.27. The molecule has 6 nitrogen and oxygen atoms in total. The highest BCUT2D eigenvalue weighted by Gasteiger charge is 2.25. The van der Waals surface area contributed by atoms with Gasteiger partial charge in [0, 0.05) is 35.3 Å². The molecule has 3 rings (SSSR count). The minimum absolute atomic E-state index is 0.0867. The number of likely N-dealkylation sites (tertiary alicyclic amines) is 1. The highest BCUT2D eigenvalue weighted by atomic mass is 35.5. The van der Waals surface area contributed by atoms with Crippen LogP contribution in [0.4, 0.5) is 5.69 Å². The third-order valence-corrected chi connectivity index (χ3v) is 6.23. The van der Waals surface area contributed by atoms with E-state index in [1.807, 2.05) is 6.07 Å². The summed E-state index contributed by atoms with van der Waals surface area (Å²) >= 11 is 12.2. The minimum Gasteiger partial charge on any atom is -0.343 e. The van der Waals surface area contributed by atoms with Gasteiger partial charge in [0.1, 0.15) is 5.15 Å². The summed E-state index contributed by atoms with van der Waals surface area (Å²) in [5, 5.41) is 6.08. The molecule has 1 fully saturated rings. The first-order chi connectivity index (χ1) is 14.7. The number of piperidine rings is 1. The number of carbonyl (C=O) groups is 2. The Bertz CT molecular complexity index is 991. The van der Waals surface area contributed by atoms with Gasteiger partial charge in [0.25, 0.3) is 5.91 Å². The van der Waals surface area contributed by atoms with Crippen LogP contribution in [0.3, 0.4) is 0 Å². The van der Waals surface area contributed by atoms with Gasteiger partial charge >= 0.3 is 0 Å². The maximum absolute atomic E-state index is 12.5. The maximum atomic E-state index is 12.5. The van der Waals surface area contributed by atoms with Gasteiger partial charge in [0.05, 0.1) is 17.8 Å². The van der Waals surface area contributed by atoms with Crippen molar-refractivity contribution in [3.05, 3.63) is 57.8 Å². The van der Waals surface area contributed by atoms with E-state index < -0.39 is 5.91 Å². The first-order valence-electron chi connectivity index (χ1n) is 10.1. The van der Waals surface area contributed by atoms with Crippen molar-refractivity contribution in [2.24, 2.45) is 11.8 Å². The second-order valence-corrected chi connectivity index (χ2v) is 9.23. The van der Waals surface area contributed by atoms with E-state index in [0.717, 1.165) is 24.1 Å². The van der Waals surface area contributed by atoms with Gasteiger partial charge in [-0.2, -0.15) is 0 Å². The molecule has 0 radical (unpaired) electrons. The Morgan fingerprint density at radius 3 is 2.55 bits per heavy atom. The first-order valence-corrected chi connectivity index (χ1v) is 11.3. The van der Waals surface area contributed by atoms with Crippen LogP contribution >= 0.6 is 32.1 Å². The fourth-order valence-electron chi connectivity index (χ4n) is 3.84. The summed E-state index contributed by atoms with van der Waals surface area (Å²) in [4.78, 5) is 30.9. The quantitative estimate of drug-likeness (QED) is 0.477. The van der Waals surface area contributed by atoms with Gasteiger partial charge in [-0.15, -0.1) is 8.86 Å². The Morgan fingerprint density at radius 2 is 1.87 bits per heavy atom. The van der Waals surface area contributed by atoms with Crippen LogP contribution in [0, 0.1) is 11.8 Å². The van der Waals surface area contributed by atoms with Gasteiger partial charge in [-0.25, -0.2) is 4.98 Å². The molecule has 1 aliphatic rings. The zero-order chi connectivity index (χ0) is 22.5. The van der Waals surface area contributed by atoms with E-state index in [9.17, 15) is 9.59 Å². The molecule has 0 unspecified atom stereocenters. The molecule has 1 aromatic carbocycles. The van der Waals surface area contributed by atoms with E-state index >= 15 is 0 Å². The van der Waals surface area contributed by atoms with Crippen molar-refractivity contribution in [1.29, 1.82) is 0 Å². The van der Waals surface area contributed by atoms with Crippen molar-refractivity contribution >= 4 is 55.0 Å². The zero-order valence-corrected chi connectivity index (χ0v) is 19.9. The average molecular weight is 479 g/mol. The second kappa shape index (κ2) is 10.6. The number of nitrogens with one attached hydrogen (secondary N) is 2. The predicted molar refractivity (Wildman–Crippen MR) is 129 cm³/mol. The summed E-state index contributed by atoms with van der Waals surface area (Å²) in [5.74, 6) is 0.314. The molecule has 1 saturated heterocycles. The number of amides is 2. The standard InChI is InChI=1S/C22H25Cl2N4O2P/c1-13-8-14(2)12-28(11-13)22(31)17-9-15(23)5-6-18(17)27-19(29)10-26-21(30)16-4-3-7-25-20(16)24/h3-7,9,13-14,31H,8,10-12H2,1-2H3,(H,26,30)(H,27,29)/t13-,14+. The molecular formula is C22H25Cl2N4O2P.